The molecule has 0 radical (unpaired) electrons. The number of para-hydroxylation sites is 1. The van der Waals surface area contributed by atoms with E-state index in [1.54, 1.807) is 13.2 Å². The van der Waals surface area contributed by atoms with E-state index in [9.17, 15) is 8.42 Å². The summed E-state index contributed by atoms with van der Waals surface area (Å²) in [5.74, 6) is 0.503. The summed E-state index contributed by atoms with van der Waals surface area (Å²) >= 11 is 1.44. The lowest BCUT2D eigenvalue weighted by molar-refractivity contribution is 0.0276. The van der Waals surface area contributed by atoms with Gasteiger partial charge in [0.2, 0.25) is 10.0 Å². The third-order valence-electron chi connectivity index (χ3n) is 2.80. The third kappa shape index (κ3) is 6.13. The van der Waals surface area contributed by atoms with Gasteiger partial charge in [0.15, 0.2) is 0 Å². The zero-order valence-corrected chi connectivity index (χ0v) is 13.7. The lowest BCUT2D eigenvalue weighted by Crippen LogP contribution is -2.40. The van der Waals surface area contributed by atoms with Gasteiger partial charge in [-0.1, -0.05) is 12.1 Å². The first-order valence-corrected chi connectivity index (χ1v) is 8.89. The molecule has 0 aromatic heterocycles. The highest BCUT2D eigenvalue weighted by molar-refractivity contribution is 8.00. The van der Waals surface area contributed by atoms with Crippen LogP contribution in [0.4, 0.5) is 5.69 Å². The van der Waals surface area contributed by atoms with Crippen LogP contribution in [-0.4, -0.2) is 39.2 Å². The lowest BCUT2D eigenvalue weighted by Gasteiger charge is -2.23. The molecule has 1 aromatic rings. The number of rotatable bonds is 8. The van der Waals surface area contributed by atoms with Crippen molar-refractivity contribution in [3.8, 4) is 0 Å². The van der Waals surface area contributed by atoms with Crippen molar-refractivity contribution in [2.75, 3.05) is 30.9 Å². The first-order valence-electron chi connectivity index (χ1n) is 6.25. The molecular formula is C13H22N2O3S2. The van der Waals surface area contributed by atoms with Crippen LogP contribution in [0.2, 0.25) is 0 Å². The average Bonchev–Trinajstić information content (AvgIpc) is 2.39. The van der Waals surface area contributed by atoms with Crippen molar-refractivity contribution in [3.63, 3.8) is 0 Å². The highest BCUT2D eigenvalue weighted by atomic mass is 32.2. The molecule has 0 fully saturated rings. The molecular weight excluding hydrogens is 296 g/mol. The molecule has 3 N–H and O–H groups in total. The largest absolute Gasteiger partial charge is 0.398 e. The van der Waals surface area contributed by atoms with Crippen molar-refractivity contribution >= 4 is 27.5 Å². The highest BCUT2D eigenvalue weighted by Crippen LogP contribution is 2.24. The van der Waals surface area contributed by atoms with Crippen LogP contribution < -0.4 is 10.5 Å². The van der Waals surface area contributed by atoms with Gasteiger partial charge in [-0.05, 0) is 26.0 Å². The quantitative estimate of drug-likeness (QED) is 0.563. The van der Waals surface area contributed by atoms with E-state index in [2.05, 4.69) is 4.72 Å². The molecule has 0 aliphatic heterocycles. The van der Waals surface area contributed by atoms with Gasteiger partial charge in [-0.2, -0.15) is 0 Å². The van der Waals surface area contributed by atoms with E-state index in [-0.39, 0.29) is 12.3 Å². The van der Waals surface area contributed by atoms with E-state index in [0.29, 0.717) is 11.4 Å². The molecule has 0 aliphatic rings. The summed E-state index contributed by atoms with van der Waals surface area (Å²) < 4.78 is 31.4. The first kappa shape index (κ1) is 17.3. The van der Waals surface area contributed by atoms with Gasteiger partial charge in [-0.25, -0.2) is 13.1 Å². The van der Waals surface area contributed by atoms with Crippen molar-refractivity contribution in [1.29, 1.82) is 0 Å². The number of thioether (sulfide) groups is 1. The van der Waals surface area contributed by atoms with Gasteiger partial charge in [0, 0.05) is 30.0 Å². The lowest BCUT2D eigenvalue weighted by atomic mass is 10.1. The standard InChI is InChI=1S/C13H22N2O3S2/c1-13(2,18-3)10-15-20(16,17)9-8-19-12-7-5-4-6-11(12)14/h4-7,15H,8-10,14H2,1-3H3. The Morgan fingerprint density at radius 3 is 2.60 bits per heavy atom. The molecule has 114 valence electrons. The molecule has 0 atom stereocenters. The fourth-order valence-electron chi connectivity index (χ4n) is 1.30. The maximum absolute atomic E-state index is 11.9. The smallest absolute Gasteiger partial charge is 0.212 e. The number of methoxy groups -OCH3 is 1. The second-order valence-corrected chi connectivity index (χ2v) is 8.05. The van der Waals surface area contributed by atoms with E-state index in [1.165, 1.54) is 11.8 Å². The van der Waals surface area contributed by atoms with Crippen LogP contribution >= 0.6 is 11.8 Å². The zero-order chi connectivity index (χ0) is 15.2. The number of hydrogen-bond donors (Lipinski definition) is 2. The number of nitrogen functional groups attached to an aromatic ring is 1. The highest BCUT2D eigenvalue weighted by Gasteiger charge is 2.20. The van der Waals surface area contributed by atoms with E-state index < -0.39 is 15.6 Å². The second-order valence-electron chi connectivity index (χ2n) is 4.99. The number of anilines is 1. The normalized spacial score (nSPS) is 12.6. The van der Waals surface area contributed by atoms with Crippen LogP contribution in [0.15, 0.2) is 29.2 Å². The summed E-state index contributed by atoms with van der Waals surface area (Å²) in [5, 5.41) is 0. The van der Waals surface area contributed by atoms with E-state index in [4.69, 9.17) is 10.5 Å². The van der Waals surface area contributed by atoms with Crippen molar-refractivity contribution < 1.29 is 13.2 Å². The molecule has 0 unspecified atom stereocenters. The molecule has 0 bridgehead atoms. The minimum absolute atomic E-state index is 0.0474. The fourth-order valence-corrected chi connectivity index (χ4v) is 3.85. The Morgan fingerprint density at radius 1 is 1.35 bits per heavy atom. The minimum atomic E-state index is -3.30. The van der Waals surface area contributed by atoms with Crippen LogP contribution in [0.1, 0.15) is 13.8 Å². The van der Waals surface area contributed by atoms with E-state index in [0.717, 1.165) is 4.90 Å². The average molecular weight is 318 g/mol. The van der Waals surface area contributed by atoms with E-state index >= 15 is 0 Å². The maximum Gasteiger partial charge on any atom is 0.212 e. The summed E-state index contributed by atoms with van der Waals surface area (Å²) in [6.45, 7) is 3.91. The summed E-state index contributed by atoms with van der Waals surface area (Å²) in [5.41, 5.74) is 5.96. The second kappa shape index (κ2) is 7.31. The van der Waals surface area contributed by atoms with Gasteiger partial charge in [-0.3, -0.25) is 0 Å². The Kier molecular flexibility index (Phi) is 6.32. The van der Waals surface area contributed by atoms with Gasteiger partial charge < -0.3 is 10.5 Å². The molecule has 0 heterocycles. The molecule has 7 heteroatoms. The Morgan fingerprint density at radius 2 is 2.00 bits per heavy atom. The molecule has 20 heavy (non-hydrogen) atoms. The number of benzene rings is 1. The van der Waals surface area contributed by atoms with Crippen molar-refractivity contribution in [2.24, 2.45) is 0 Å². The number of hydrogen-bond acceptors (Lipinski definition) is 5. The number of sulfonamides is 1. The first-order chi connectivity index (χ1) is 9.26. The summed E-state index contributed by atoms with van der Waals surface area (Å²) in [4.78, 5) is 0.903. The Hall–Kier alpha value is -0.760. The van der Waals surface area contributed by atoms with Gasteiger partial charge in [0.25, 0.3) is 0 Å². The van der Waals surface area contributed by atoms with Crippen molar-refractivity contribution in [3.05, 3.63) is 24.3 Å². The van der Waals surface area contributed by atoms with Gasteiger partial charge >= 0.3 is 0 Å². The molecule has 0 spiro atoms. The van der Waals surface area contributed by atoms with Crippen molar-refractivity contribution in [1.82, 2.24) is 4.72 Å². The number of nitrogens with one attached hydrogen (secondary N) is 1. The Balaban J connectivity index is 2.43. The van der Waals surface area contributed by atoms with Crippen molar-refractivity contribution in [2.45, 2.75) is 24.3 Å². The minimum Gasteiger partial charge on any atom is -0.398 e. The third-order valence-corrected chi connectivity index (χ3v) is 5.47. The predicted octanol–water partition coefficient (Wildman–Crippen LogP) is 1.71. The summed E-state index contributed by atoms with van der Waals surface area (Å²) in [7, 11) is -1.74. The van der Waals surface area contributed by atoms with Crippen LogP contribution in [0, 0.1) is 0 Å². The molecule has 0 aliphatic carbocycles. The summed E-state index contributed by atoms with van der Waals surface area (Å²) in [6, 6.07) is 7.42. The van der Waals surface area contributed by atoms with Gasteiger partial charge in [-0.15, -0.1) is 11.8 Å². The number of nitrogens with two attached hydrogens (primary N) is 1. The van der Waals surface area contributed by atoms with E-state index in [1.807, 2.05) is 32.0 Å². The molecule has 1 aromatic carbocycles. The molecule has 5 nitrogen and oxygen atoms in total. The monoisotopic (exact) mass is 318 g/mol. The SMILES string of the molecule is COC(C)(C)CNS(=O)(=O)CCSc1ccccc1N. The fraction of sp³-hybridized carbons (Fsp3) is 0.538. The molecule has 0 amide bonds. The number of ether oxygens (including phenoxy) is 1. The predicted molar refractivity (Wildman–Crippen MR) is 84.5 cm³/mol. The Bertz CT molecular complexity index is 530. The maximum atomic E-state index is 11.9. The Labute approximate surface area is 125 Å². The summed E-state index contributed by atoms with van der Waals surface area (Å²) in [6.07, 6.45) is 0. The molecule has 1 rings (SSSR count). The topological polar surface area (TPSA) is 81.4 Å². The zero-order valence-electron chi connectivity index (χ0n) is 12.0. The van der Waals surface area contributed by atoms with Gasteiger partial charge in [0.05, 0.1) is 11.4 Å². The van der Waals surface area contributed by atoms with Crippen LogP contribution in [0.25, 0.3) is 0 Å². The molecule has 0 saturated carbocycles. The van der Waals surface area contributed by atoms with Gasteiger partial charge in [0.1, 0.15) is 0 Å². The van der Waals surface area contributed by atoms with Crippen LogP contribution in [0.5, 0.6) is 0 Å². The van der Waals surface area contributed by atoms with Crippen LogP contribution in [-0.2, 0) is 14.8 Å². The van der Waals surface area contributed by atoms with Crippen LogP contribution in [0.3, 0.4) is 0 Å². The molecule has 0 saturated heterocycles.